The number of nitrogens with zero attached hydrogens (tertiary/aromatic N) is 3. The van der Waals surface area contributed by atoms with Crippen LogP contribution >= 0.6 is 11.3 Å². The van der Waals surface area contributed by atoms with E-state index in [1.54, 1.807) is 0 Å². The van der Waals surface area contributed by atoms with Gasteiger partial charge in [0.25, 0.3) is 0 Å². The third-order valence-electron chi connectivity index (χ3n) is 7.55. The zero-order valence-corrected chi connectivity index (χ0v) is 22.8. The fourth-order valence-corrected chi connectivity index (χ4v) is 6.79. The summed E-state index contributed by atoms with van der Waals surface area (Å²) in [5.74, 6) is 2.00. The molecule has 2 aromatic heterocycles. The van der Waals surface area contributed by atoms with E-state index in [1.165, 1.54) is 36.5 Å². The zero-order valence-electron chi connectivity index (χ0n) is 22.0. The Labute approximate surface area is 241 Å². The molecular formula is C37H23N3S. The zero-order chi connectivity index (χ0) is 27.2. The average molecular weight is 542 g/mol. The molecule has 0 spiro atoms. The van der Waals surface area contributed by atoms with Gasteiger partial charge >= 0.3 is 0 Å². The lowest BCUT2D eigenvalue weighted by Crippen LogP contribution is -2.00. The summed E-state index contributed by atoms with van der Waals surface area (Å²) in [6, 6.07) is 48.5. The minimum Gasteiger partial charge on any atom is -0.208 e. The molecule has 0 unspecified atom stereocenters. The molecule has 0 fully saturated rings. The molecule has 0 amide bonds. The van der Waals surface area contributed by atoms with Gasteiger partial charge in [0.05, 0.1) is 0 Å². The van der Waals surface area contributed by atoms with Crippen LogP contribution in [0, 0.1) is 0 Å². The summed E-state index contributed by atoms with van der Waals surface area (Å²) in [5.41, 5.74) is 5.28. The van der Waals surface area contributed by atoms with E-state index in [-0.39, 0.29) is 0 Å². The highest BCUT2D eigenvalue weighted by Crippen LogP contribution is 2.41. The monoisotopic (exact) mass is 541 g/mol. The van der Waals surface area contributed by atoms with Crippen molar-refractivity contribution in [2.45, 2.75) is 0 Å². The normalized spacial score (nSPS) is 11.4. The molecule has 0 aliphatic heterocycles. The minimum atomic E-state index is 0.661. The van der Waals surface area contributed by atoms with Gasteiger partial charge in [-0.05, 0) is 22.6 Å². The van der Waals surface area contributed by atoms with E-state index >= 15 is 0 Å². The van der Waals surface area contributed by atoms with Gasteiger partial charge < -0.3 is 0 Å². The van der Waals surface area contributed by atoms with Gasteiger partial charge in [0.1, 0.15) is 0 Å². The molecule has 0 aliphatic carbocycles. The number of hydrogen-bond donors (Lipinski definition) is 0. The van der Waals surface area contributed by atoms with Gasteiger partial charge in [0.2, 0.25) is 0 Å². The Balaban J connectivity index is 1.35. The van der Waals surface area contributed by atoms with Crippen LogP contribution in [0.15, 0.2) is 140 Å². The summed E-state index contributed by atoms with van der Waals surface area (Å²) in [6.07, 6.45) is 0. The Kier molecular flexibility index (Phi) is 5.64. The molecule has 192 valence electrons. The molecule has 0 radical (unpaired) electrons. The van der Waals surface area contributed by atoms with E-state index in [0.29, 0.717) is 17.5 Å². The van der Waals surface area contributed by atoms with Crippen LogP contribution in [0.2, 0.25) is 0 Å². The number of rotatable bonds is 4. The molecule has 3 nitrogen and oxygen atoms in total. The van der Waals surface area contributed by atoms with Crippen LogP contribution in [0.4, 0.5) is 0 Å². The topological polar surface area (TPSA) is 38.7 Å². The highest BCUT2D eigenvalue weighted by molar-refractivity contribution is 7.26. The van der Waals surface area contributed by atoms with E-state index in [4.69, 9.17) is 15.0 Å². The second-order valence-electron chi connectivity index (χ2n) is 10.1. The predicted octanol–water partition coefficient (Wildman–Crippen LogP) is 10.1. The second-order valence-corrected chi connectivity index (χ2v) is 11.1. The molecule has 0 bridgehead atoms. The van der Waals surface area contributed by atoms with Crippen LogP contribution < -0.4 is 0 Å². The fraction of sp³-hybridized carbons (Fsp3) is 0. The first kappa shape index (κ1) is 23.7. The maximum atomic E-state index is 5.10. The molecule has 8 aromatic rings. The quantitative estimate of drug-likeness (QED) is 0.222. The van der Waals surface area contributed by atoms with Crippen LogP contribution in [0.3, 0.4) is 0 Å². The van der Waals surface area contributed by atoms with Gasteiger partial charge in [0.15, 0.2) is 17.5 Å². The highest BCUT2D eigenvalue weighted by Gasteiger charge is 2.17. The van der Waals surface area contributed by atoms with Crippen molar-refractivity contribution < 1.29 is 0 Å². The lowest BCUT2D eigenvalue weighted by Gasteiger charge is -2.11. The Hall–Kier alpha value is -5.19. The van der Waals surface area contributed by atoms with Crippen molar-refractivity contribution in [2.24, 2.45) is 0 Å². The van der Waals surface area contributed by atoms with Crippen LogP contribution in [0.1, 0.15) is 0 Å². The second kappa shape index (κ2) is 9.77. The maximum absolute atomic E-state index is 5.10. The number of hydrogen-bond acceptors (Lipinski definition) is 4. The number of aromatic nitrogens is 3. The molecule has 2 heterocycles. The van der Waals surface area contributed by atoms with Gasteiger partial charge in [-0.25, -0.2) is 15.0 Å². The maximum Gasteiger partial charge on any atom is 0.164 e. The van der Waals surface area contributed by atoms with Crippen molar-refractivity contribution in [3.8, 4) is 45.3 Å². The van der Waals surface area contributed by atoms with E-state index in [2.05, 4.69) is 115 Å². The Morgan fingerprint density at radius 2 is 0.976 bits per heavy atom. The largest absolute Gasteiger partial charge is 0.208 e. The standard InChI is InChI=1S/C37H23N3S/c1-3-10-24(11-4-1)25-18-20-28(21-19-25)36-38-35(27-12-5-2-6-13-27)39-37(40-36)31-16-9-14-26-22-23-30-29-15-7-8-17-32(29)41-34(30)33(26)31/h1-23H. The van der Waals surface area contributed by atoms with Crippen molar-refractivity contribution in [1.82, 2.24) is 15.0 Å². The molecule has 4 heteroatoms. The Morgan fingerprint density at radius 3 is 1.73 bits per heavy atom. The third-order valence-corrected chi connectivity index (χ3v) is 8.75. The van der Waals surface area contributed by atoms with Crippen molar-refractivity contribution in [3.05, 3.63) is 140 Å². The molecule has 6 aromatic carbocycles. The predicted molar refractivity (Wildman–Crippen MR) is 172 cm³/mol. The first-order valence-corrected chi connectivity index (χ1v) is 14.4. The van der Waals surface area contributed by atoms with Gasteiger partial charge in [-0.1, -0.05) is 133 Å². The van der Waals surface area contributed by atoms with E-state index in [1.807, 2.05) is 35.6 Å². The fourth-order valence-electron chi connectivity index (χ4n) is 5.52. The summed E-state index contributed by atoms with van der Waals surface area (Å²) < 4.78 is 2.54. The van der Waals surface area contributed by atoms with E-state index in [0.717, 1.165) is 22.3 Å². The van der Waals surface area contributed by atoms with Crippen molar-refractivity contribution in [2.75, 3.05) is 0 Å². The summed E-state index contributed by atoms with van der Waals surface area (Å²) >= 11 is 1.83. The lowest BCUT2D eigenvalue weighted by molar-refractivity contribution is 1.08. The van der Waals surface area contributed by atoms with Gasteiger partial charge in [0, 0.05) is 42.2 Å². The van der Waals surface area contributed by atoms with Gasteiger partial charge in [-0.2, -0.15) is 0 Å². The number of benzene rings is 6. The summed E-state index contributed by atoms with van der Waals surface area (Å²) in [5, 5.41) is 4.91. The summed E-state index contributed by atoms with van der Waals surface area (Å²) in [6.45, 7) is 0. The van der Waals surface area contributed by atoms with E-state index < -0.39 is 0 Å². The molecule has 41 heavy (non-hydrogen) atoms. The van der Waals surface area contributed by atoms with Crippen LogP contribution in [0.25, 0.3) is 76.2 Å². The Morgan fingerprint density at radius 1 is 0.390 bits per heavy atom. The van der Waals surface area contributed by atoms with Crippen LogP contribution in [0.5, 0.6) is 0 Å². The number of thiophene rings is 1. The van der Waals surface area contributed by atoms with Gasteiger partial charge in [-0.15, -0.1) is 11.3 Å². The first-order chi connectivity index (χ1) is 20.3. The Bertz CT molecular complexity index is 2180. The molecule has 0 aliphatic rings. The van der Waals surface area contributed by atoms with E-state index in [9.17, 15) is 0 Å². The lowest BCUT2D eigenvalue weighted by atomic mass is 10.0. The highest BCUT2D eigenvalue weighted by atomic mass is 32.1. The minimum absolute atomic E-state index is 0.661. The van der Waals surface area contributed by atoms with Crippen LogP contribution in [-0.4, -0.2) is 15.0 Å². The molecular weight excluding hydrogens is 518 g/mol. The average Bonchev–Trinajstić information content (AvgIpc) is 3.44. The smallest absolute Gasteiger partial charge is 0.164 e. The van der Waals surface area contributed by atoms with Crippen molar-refractivity contribution in [3.63, 3.8) is 0 Å². The van der Waals surface area contributed by atoms with Crippen molar-refractivity contribution in [1.29, 1.82) is 0 Å². The third kappa shape index (κ3) is 4.17. The molecule has 0 saturated heterocycles. The van der Waals surface area contributed by atoms with Gasteiger partial charge in [-0.3, -0.25) is 0 Å². The molecule has 0 N–H and O–H groups in total. The molecule has 8 rings (SSSR count). The van der Waals surface area contributed by atoms with Crippen molar-refractivity contribution >= 4 is 42.3 Å². The molecule has 0 saturated carbocycles. The summed E-state index contributed by atoms with van der Waals surface area (Å²) in [7, 11) is 0. The number of fused-ring (bicyclic) bond motifs is 5. The first-order valence-electron chi connectivity index (χ1n) is 13.6. The van der Waals surface area contributed by atoms with Crippen LogP contribution in [-0.2, 0) is 0 Å². The SMILES string of the molecule is c1ccc(-c2ccc(-c3nc(-c4ccccc4)nc(-c4cccc5ccc6c7ccccc7sc6c45)n3)cc2)cc1. The summed E-state index contributed by atoms with van der Waals surface area (Å²) in [4.78, 5) is 15.1. The molecule has 0 atom stereocenters.